The fraction of sp³-hybridized carbons (Fsp3) is 0.350. The van der Waals surface area contributed by atoms with Gasteiger partial charge in [-0.1, -0.05) is 18.2 Å². The number of hydrogen-bond acceptors (Lipinski definition) is 4. The van der Waals surface area contributed by atoms with Crippen LogP contribution in [0.25, 0.3) is 5.69 Å². The van der Waals surface area contributed by atoms with Crippen molar-refractivity contribution >= 4 is 18.3 Å². The average Bonchev–Trinajstić information content (AvgIpc) is 3.41. The van der Waals surface area contributed by atoms with E-state index in [-0.39, 0.29) is 18.3 Å². The van der Waals surface area contributed by atoms with Gasteiger partial charge in [0.15, 0.2) is 0 Å². The number of rotatable bonds is 5. The van der Waals surface area contributed by atoms with Crippen LogP contribution in [0.1, 0.15) is 18.4 Å². The first-order valence-corrected chi connectivity index (χ1v) is 9.24. The molecule has 0 saturated carbocycles. The zero-order chi connectivity index (χ0) is 18.7. The van der Waals surface area contributed by atoms with Gasteiger partial charge in [-0.25, -0.2) is 4.68 Å². The summed E-state index contributed by atoms with van der Waals surface area (Å²) in [5.41, 5.74) is 1.39. The average molecular weight is 401 g/mol. The lowest BCUT2D eigenvalue weighted by Gasteiger charge is -2.39. The van der Waals surface area contributed by atoms with Crippen molar-refractivity contribution < 1.29 is 4.79 Å². The summed E-state index contributed by atoms with van der Waals surface area (Å²) in [4.78, 5) is 15.2. The Kier molecular flexibility index (Phi) is 6.16. The molecular formula is C20H25ClN6O. The molecule has 0 unspecified atom stereocenters. The van der Waals surface area contributed by atoms with E-state index in [9.17, 15) is 4.79 Å². The maximum Gasteiger partial charge on any atom is 0.250 e. The number of nitrogens with one attached hydrogen (secondary N) is 1. The minimum atomic E-state index is -0.612. The van der Waals surface area contributed by atoms with Gasteiger partial charge < -0.3 is 10.2 Å². The smallest absolute Gasteiger partial charge is 0.250 e. The molecule has 0 bridgehead atoms. The second-order valence-corrected chi connectivity index (χ2v) is 7.02. The number of likely N-dealkylation sites (N-methyl/N-ethyl adjacent to an activating group) is 1. The zero-order valence-corrected chi connectivity index (χ0v) is 16.7. The van der Waals surface area contributed by atoms with Gasteiger partial charge in [-0.05, 0) is 44.1 Å². The highest BCUT2D eigenvalue weighted by atomic mass is 35.5. The Morgan fingerprint density at radius 1 is 1.18 bits per heavy atom. The van der Waals surface area contributed by atoms with Crippen molar-refractivity contribution in [1.82, 2.24) is 29.8 Å². The predicted molar refractivity (Wildman–Crippen MR) is 110 cm³/mol. The van der Waals surface area contributed by atoms with Crippen LogP contribution in [0.15, 0.2) is 61.2 Å². The second kappa shape index (κ2) is 8.58. The molecule has 0 spiro atoms. The Morgan fingerprint density at radius 2 is 1.93 bits per heavy atom. The number of carbonyl (C=O) groups excluding carboxylic acids is 1. The van der Waals surface area contributed by atoms with E-state index in [1.807, 2.05) is 71.4 Å². The first-order valence-electron chi connectivity index (χ1n) is 9.24. The molecule has 28 heavy (non-hydrogen) atoms. The molecule has 7 nitrogen and oxygen atoms in total. The Morgan fingerprint density at radius 3 is 2.61 bits per heavy atom. The third kappa shape index (κ3) is 3.81. The topological polar surface area (TPSA) is 68.0 Å². The third-order valence-corrected chi connectivity index (χ3v) is 5.20. The number of nitrogens with zero attached hydrogens (tertiary/aromatic N) is 5. The molecule has 0 aliphatic carbocycles. The Labute approximate surface area is 170 Å². The van der Waals surface area contributed by atoms with E-state index < -0.39 is 5.54 Å². The molecule has 0 radical (unpaired) electrons. The molecule has 1 N–H and O–H groups in total. The highest BCUT2D eigenvalue weighted by molar-refractivity contribution is 5.85. The third-order valence-electron chi connectivity index (χ3n) is 5.20. The normalized spacial score (nSPS) is 15.6. The molecule has 1 saturated heterocycles. The molecule has 1 aromatic carbocycles. The molecule has 1 fully saturated rings. The SMILES string of the molecule is CN(Cc1cnn(-c2ccccc2)c1)C(=O)C1(n2cccn2)CCNCC1.Cl. The molecule has 8 heteroatoms. The minimum Gasteiger partial charge on any atom is -0.339 e. The summed E-state index contributed by atoms with van der Waals surface area (Å²) in [6.07, 6.45) is 8.90. The lowest BCUT2D eigenvalue weighted by Crippen LogP contribution is -2.54. The van der Waals surface area contributed by atoms with Crippen LogP contribution in [-0.4, -0.2) is 50.5 Å². The predicted octanol–water partition coefficient (Wildman–Crippen LogP) is 2.23. The van der Waals surface area contributed by atoms with Crippen molar-refractivity contribution in [3.05, 3.63) is 66.7 Å². The molecular weight excluding hydrogens is 376 g/mol. The lowest BCUT2D eigenvalue weighted by molar-refractivity contribution is -0.142. The van der Waals surface area contributed by atoms with Gasteiger partial charge in [-0.15, -0.1) is 12.4 Å². The van der Waals surface area contributed by atoms with Crippen LogP contribution in [0, 0.1) is 0 Å². The molecule has 3 heterocycles. The molecule has 1 aliphatic rings. The molecule has 0 atom stereocenters. The van der Waals surface area contributed by atoms with Crippen LogP contribution in [0.2, 0.25) is 0 Å². The van der Waals surface area contributed by atoms with Crippen LogP contribution >= 0.6 is 12.4 Å². The number of para-hydroxylation sites is 1. The van der Waals surface area contributed by atoms with Crippen molar-refractivity contribution in [3.8, 4) is 5.69 Å². The van der Waals surface area contributed by atoms with Crippen LogP contribution in [0.3, 0.4) is 0 Å². The minimum absolute atomic E-state index is 0. The summed E-state index contributed by atoms with van der Waals surface area (Å²) in [5, 5.41) is 12.2. The molecule has 1 amide bonds. The van der Waals surface area contributed by atoms with Gasteiger partial charge in [0, 0.05) is 37.7 Å². The fourth-order valence-corrected chi connectivity index (χ4v) is 3.77. The molecule has 1 aliphatic heterocycles. The van der Waals surface area contributed by atoms with Gasteiger partial charge in [0.2, 0.25) is 0 Å². The van der Waals surface area contributed by atoms with Crippen LogP contribution < -0.4 is 5.32 Å². The summed E-state index contributed by atoms with van der Waals surface area (Å²) in [7, 11) is 1.86. The van der Waals surface area contributed by atoms with Gasteiger partial charge in [-0.3, -0.25) is 9.48 Å². The van der Waals surface area contributed by atoms with Gasteiger partial charge in [0.25, 0.3) is 5.91 Å². The van der Waals surface area contributed by atoms with E-state index in [0.29, 0.717) is 6.54 Å². The fourth-order valence-electron chi connectivity index (χ4n) is 3.77. The van der Waals surface area contributed by atoms with Crippen molar-refractivity contribution in [2.24, 2.45) is 0 Å². The summed E-state index contributed by atoms with van der Waals surface area (Å²) >= 11 is 0. The van der Waals surface area contributed by atoms with Crippen molar-refractivity contribution in [3.63, 3.8) is 0 Å². The lowest BCUT2D eigenvalue weighted by atomic mass is 9.87. The Hall–Kier alpha value is -2.64. The summed E-state index contributed by atoms with van der Waals surface area (Å²) in [6, 6.07) is 11.8. The van der Waals surface area contributed by atoms with Gasteiger partial charge in [-0.2, -0.15) is 10.2 Å². The second-order valence-electron chi connectivity index (χ2n) is 7.02. The molecule has 148 valence electrons. The summed E-state index contributed by atoms with van der Waals surface area (Å²) in [6.45, 7) is 2.14. The maximum atomic E-state index is 13.4. The molecule has 2 aromatic heterocycles. The van der Waals surface area contributed by atoms with Gasteiger partial charge in [0.1, 0.15) is 5.54 Å². The van der Waals surface area contributed by atoms with Gasteiger partial charge in [0.05, 0.1) is 11.9 Å². The number of benzene rings is 1. The number of halogens is 1. The van der Waals surface area contributed by atoms with E-state index in [0.717, 1.165) is 37.2 Å². The van der Waals surface area contributed by atoms with Crippen molar-refractivity contribution in [1.29, 1.82) is 0 Å². The van der Waals surface area contributed by atoms with Crippen LogP contribution in [0.4, 0.5) is 0 Å². The monoisotopic (exact) mass is 400 g/mol. The first-order chi connectivity index (χ1) is 13.2. The van der Waals surface area contributed by atoms with Crippen LogP contribution in [-0.2, 0) is 16.9 Å². The zero-order valence-electron chi connectivity index (χ0n) is 15.9. The van der Waals surface area contributed by atoms with Crippen LogP contribution in [0.5, 0.6) is 0 Å². The maximum absolute atomic E-state index is 13.4. The summed E-state index contributed by atoms with van der Waals surface area (Å²) in [5.74, 6) is 0.0974. The number of amides is 1. The molecule has 4 rings (SSSR count). The summed E-state index contributed by atoms with van der Waals surface area (Å²) < 4.78 is 3.67. The largest absolute Gasteiger partial charge is 0.339 e. The van der Waals surface area contributed by atoms with Crippen molar-refractivity contribution in [2.75, 3.05) is 20.1 Å². The highest BCUT2D eigenvalue weighted by Gasteiger charge is 2.43. The van der Waals surface area contributed by atoms with Crippen molar-refractivity contribution in [2.45, 2.75) is 24.9 Å². The standard InChI is InChI=1S/C20H24N6O.ClH/c1-24(15-17-14-23-25(16-17)18-6-3-2-4-7-18)19(27)20(8-11-21-12-9-20)26-13-5-10-22-26;/h2-7,10,13-14,16,21H,8-9,11-12,15H2,1H3;1H. The number of hydrogen-bond donors (Lipinski definition) is 1. The quantitative estimate of drug-likeness (QED) is 0.713. The molecule has 3 aromatic rings. The number of carbonyl (C=O) groups is 1. The number of piperidine rings is 1. The highest BCUT2D eigenvalue weighted by Crippen LogP contribution is 2.29. The van der Waals surface area contributed by atoms with E-state index in [1.54, 1.807) is 11.1 Å². The van der Waals surface area contributed by atoms with E-state index >= 15 is 0 Å². The van der Waals surface area contributed by atoms with E-state index in [2.05, 4.69) is 15.5 Å². The first kappa shape index (κ1) is 20.1. The van der Waals surface area contributed by atoms with E-state index in [1.165, 1.54) is 0 Å². The number of aromatic nitrogens is 4. The Bertz CT molecular complexity index is 887. The van der Waals surface area contributed by atoms with E-state index in [4.69, 9.17) is 0 Å². The Balaban J connectivity index is 0.00000225. The van der Waals surface area contributed by atoms with Gasteiger partial charge >= 0.3 is 0 Å².